The van der Waals surface area contributed by atoms with Crippen LogP contribution >= 0.6 is 0 Å². The van der Waals surface area contributed by atoms with Crippen LogP contribution in [0.1, 0.15) is 30.4 Å². The van der Waals surface area contributed by atoms with Crippen LogP contribution in [-0.4, -0.2) is 18.2 Å². The Balaban J connectivity index is 2.08. The fourth-order valence-electron chi connectivity index (χ4n) is 1.51. The Labute approximate surface area is 71.7 Å². The third-order valence-corrected chi connectivity index (χ3v) is 2.21. The molecule has 2 rings (SSSR count). The van der Waals surface area contributed by atoms with E-state index in [1.807, 2.05) is 6.92 Å². The summed E-state index contributed by atoms with van der Waals surface area (Å²) in [5.74, 6) is 2.26. The number of ether oxygens (including phenoxy) is 1. The largest absolute Gasteiger partial charge is 0.446 e. The predicted molar refractivity (Wildman–Crippen MR) is 44.0 cm³/mol. The van der Waals surface area contributed by atoms with Crippen molar-refractivity contribution in [3.8, 4) is 0 Å². The minimum Gasteiger partial charge on any atom is -0.446 e. The zero-order chi connectivity index (χ0) is 8.39. The highest BCUT2D eigenvalue weighted by molar-refractivity contribution is 4.97. The molecule has 0 bridgehead atoms. The molecular weight excluding hydrogens is 154 g/mol. The fraction of sp³-hybridized carbons (Fsp3) is 0.667. The van der Waals surface area contributed by atoms with Gasteiger partial charge in [0.1, 0.15) is 5.76 Å². The van der Waals surface area contributed by atoms with E-state index in [0.29, 0.717) is 5.92 Å². The molecule has 0 aliphatic carbocycles. The number of aromatic nitrogens is 1. The number of aryl methyl sites for hydroxylation is 1. The molecular formula is C9H13NO2. The summed E-state index contributed by atoms with van der Waals surface area (Å²) >= 11 is 0. The number of oxazole rings is 1. The van der Waals surface area contributed by atoms with Crippen molar-refractivity contribution in [1.82, 2.24) is 4.98 Å². The normalized spacial score (nSPS) is 19.8. The molecule has 0 spiro atoms. The van der Waals surface area contributed by atoms with E-state index < -0.39 is 0 Å². The first kappa shape index (κ1) is 7.80. The molecule has 0 atom stereocenters. The smallest absolute Gasteiger partial charge is 0.197 e. The van der Waals surface area contributed by atoms with Crippen LogP contribution in [0.2, 0.25) is 0 Å². The molecule has 3 nitrogen and oxygen atoms in total. The zero-order valence-corrected chi connectivity index (χ0v) is 7.25. The molecule has 0 radical (unpaired) electrons. The van der Waals surface area contributed by atoms with Crippen LogP contribution in [0, 0.1) is 6.92 Å². The molecule has 0 amide bonds. The van der Waals surface area contributed by atoms with Gasteiger partial charge in [-0.05, 0) is 19.8 Å². The Morgan fingerprint density at radius 3 is 2.75 bits per heavy atom. The average Bonchev–Trinajstić information content (AvgIpc) is 2.54. The van der Waals surface area contributed by atoms with Crippen molar-refractivity contribution in [3.63, 3.8) is 0 Å². The third kappa shape index (κ3) is 1.50. The van der Waals surface area contributed by atoms with E-state index in [9.17, 15) is 0 Å². The monoisotopic (exact) mass is 167 g/mol. The summed E-state index contributed by atoms with van der Waals surface area (Å²) in [7, 11) is 0. The summed E-state index contributed by atoms with van der Waals surface area (Å²) in [6, 6.07) is 0. The first-order valence-corrected chi connectivity index (χ1v) is 4.36. The molecule has 1 fully saturated rings. The molecule has 0 aromatic carbocycles. The molecule has 2 heterocycles. The van der Waals surface area contributed by atoms with Gasteiger partial charge in [0.05, 0.1) is 6.20 Å². The van der Waals surface area contributed by atoms with Crippen molar-refractivity contribution < 1.29 is 9.15 Å². The standard InChI is InChI=1S/C9H13NO2/c1-7-6-10-9(12-7)8-2-4-11-5-3-8/h6,8H,2-5H2,1H3. The maximum absolute atomic E-state index is 5.46. The first-order chi connectivity index (χ1) is 5.86. The lowest BCUT2D eigenvalue weighted by molar-refractivity contribution is 0.0792. The Kier molecular flexibility index (Phi) is 2.13. The average molecular weight is 167 g/mol. The minimum atomic E-state index is 0.479. The van der Waals surface area contributed by atoms with Crippen LogP contribution in [0.15, 0.2) is 10.6 Å². The quantitative estimate of drug-likeness (QED) is 0.640. The van der Waals surface area contributed by atoms with Crippen molar-refractivity contribution in [1.29, 1.82) is 0 Å². The van der Waals surface area contributed by atoms with E-state index in [2.05, 4.69) is 4.98 Å². The molecule has 0 unspecified atom stereocenters. The van der Waals surface area contributed by atoms with E-state index >= 15 is 0 Å². The summed E-state index contributed by atoms with van der Waals surface area (Å²) in [6.45, 7) is 3.61. The lowest BCUT2D eigenvalue weighted by Crippen LogP contribution is -2.14. The van der Waals surface area contributed by atoms with Crippen molar-refractivity contribution in [2.24, 2.45) is 0 Å². The SMILES string of the molecule is Cc1cnc(C2CCOCC2)o1. The Morgan fingerprint density at radius 2 is 2.17 bits per heavy atom. The highest BCUT2D eigenvalue weighted by atomic mass is 16.5. The number of rotatable bonds is 1. The highest BCUT2D eigenvalue weighted by Crippen LogP contribution is 2.25. The van der Waals surface area contributed by atoms with Crippen LogP contribution in [0.3, 0.4) is 0 Å². The van der Waals surface area contributed by atoms with Crippen molar-refractivity contribution in [3.05, 3.63) is 17.8 Å². The summed E-state index contributed by atoms with van der Waals surface area (Å²) in [5.41, 5.74) is 0. The number of hydrogen-bond acceptors (Lipinski definition) is 3. The van der Waals surface area contributed by atoms with Gasteiger partial charge >= 0.3 is 0 Å². The lowest BCUT2D eigenvalue weighted by atomic mass is 10.0. The van der Waals surface area contributed by atoms with Crippen LogP contribution in [0.4, 0.5) is 0 Å². The van der Waals surface area contributed by atoms with Crippen LogP contribution in [0.5, 0.6) is 0 Å². The van der Waals surface area contributed by atoms with Gasteiger partial charge in [0.15, 0.2) is 5.89 Å². The summed E-state index contributed by atoms with van der Waals surface area (Å²) < 4.78 is 10.7. The number of nitrogens with zero attached hydrogens (tertiary/aromatic N) is 1. The van der Waals surface area contributed by atoms with E-state index in [1.165, 1.54) is 0 Å². The van der Waals surface area contributed by atoms with E-state index in [-0.39, 0.29) is 0 Å². The zero-order valence-electron chi connectivity index (χ0n) is 7.25. The predicted octanol–water partition coefficient (Wildman–Crippen LogP) is 1.88. The molecule has 1 aliphatic heterocycles. The highest BCUT2D eigenvalue weighted by Gasteiger charge is 2.19. The van der Waals surface area contributed by atoms with E-state index in [4.69, 9.17) is 9.15 Å². The molecule has 1 aromatic heterocycles. The van der Waals surface area contributed by atoms with Gasteiger partial charge in [-0.2, -0.15) is 0 Å². The Hall–Kier alpha value is -0.830. The van der Waals surface area contributed by atoms with Gasteiger partial charge < -0.3 is 9.15 Å². The van der Waals surface area contributed by atoms with Gasteiger partial charge in [-0.3, -0.25) is 0 Å². The second-order valence-electron chi connectivity index (χ2n) is 3.20. The van der Waals surface area contributed by atoms with Crippen LogP contribution in [0.25, 0.3) is 0 Å². The van der Waals surface area contributed by atoms with Gasteiger partial charge in [-0.25, -0.2) is 4.98 Å². The summed E-state index contributed by atoms with van der Waals surface area (Å²) in [6.07, 6.45) is 3.87. The van der Waals surface area contributed by atoms with Gasteiger partial charge in [-0.15, -0.1) is 0 Å². The molecule has 1 aliphatic rings. The molecule has 0 N–H and O–H groups in total. The Morgan fingerprint density at radius 1 is 1.42 bits per heavy atom. The maximum atomic E-state index is 5.46. The van der Waals surface area contributed by atoms with Crippen LogP contribution in [-0.2, 0) is 4.74 Å². The van der Waals surface area contributed by atoms with Gasteiger partial charge in [0.2, 0.25) is 0 Å². The van der Waals surface area contributed by atoms with Gasteiger partial charge in [-0.1, -0.05) is 0 Å². The van der Waals surface area contributed by atoms with Gasteiger partial charge in [0, 0.05) is 19.1 Å². The first-order valence-electron chi connectivity index (χ1n) is 4.36. The molecule has 66 valence electrons. The molecule has 1 saturated heterocycles. The lowest BCUT2D eigenvalue weighted by Gasteiger charge is -2.18. The fourth-order valence-corrected chi connectivity index (χ4v) is 1.51. The Bertz CT molecular complexity index is 251. The van der Waals surface area contributed by atoms with E-state index in [0.717, 1.165) is 37.7 Å². The molecule has 12 heavy (non-hydrogen) atoms. The van der Waals surface area contributed by atoms with Crippen molar-refractivity contribution in [2.75, 3.05) is 13.2 Å². The molecule has 0 saturated carbocycles. The molecule has 1 aromatic rings. The topological polar surface area (TPSA) is 35.3 Å². The van der Waals surface area contributed by atoms with Gasteiger partial charge in [0.25, 0.3) is 0 Å². The second-order valence-corrected chi connectivity index (χ2v) is 3.20. The summed E-state index contributed by atoms with van der Waals surface area (Å²) in [4.78, 5) is 4.22. The van der Waals surface area contributed by atoms with Crippen molar-refractivity contribution in [2.45, 2.75) is 25.7 Å². The molecule has 3 heteroatoms. The number of hydrogen-bond donors (Lipinski definition) is 0. The maximum Gasteiger partial charge on any atom is 0.197 e. The minimum absolute atomic E-state index is 0.479. The third-order valence-electron chi connectivity index (χ3n) is 2.21. The second kappa shape index (κ2) is 3.27. The van der Waals surface area contributed by atoms with Crippen LogP contribution < -0.4 is 0 Å². The van der Waals surface area contributed by atoms with Crippen molar-refractivity contribution >= 4 is 0 Å². The summed E-state index contributed by atoms with van der Waals surface area (Å²) in [5, 5.41) is 0. The van der Waals surface area contributed by atoms with E-state index in [1.54, 1.807) is 6.20 Å².